The number of esters is 1. The Balaban J connectivity index is 1.95. The summed E-state index contributed by atoms with van der Waals surface area (Å²) >= 11 is 5.82. The molecule has 5 nitrogen and oxygen atoms in total. The lowest BCUT2D eigenvalue weighted by molar-refractivity contribution is 0.0737. The molecule has 20 heavy (non-hydrogen) atoms. The minimum absolute atomic E-state index is 0.174. The number of hydrogen-bond acceptors (Lipinski definition) is 4. The zero-order valence-electron chi connectivity index (χ0n) is 10.1. The Hall–Kier alpha value is -2.53. The van der Waals surface area contributed by atoms with E-state index < -0.39 is 5.97 Å². The Morgan fingerprint density at radius 3 is 2.95 bits per heavy atom. The van der Waals surface area contributed by atoms with E-state index in [9.17, 15) is 10.0 Å². The lowest BCUT2D eigenvalue weighted by Gasteiger charge is -2.04. The summed E-state index contributed by atoms with van der Waals surface area (Å²) in [6, 6.07) is 9.72. The van der Waals surface area contributed by atoms with Crippen molar-refractivity contribution in [1.82, 2.24) is 9.71 Å². The summed E-state index contributed by atoms with van der Waals surface area (Å²) in [5.74, 6) is -0.406. The molecule has 0 aliphatic carbocycles. The highest BCUT2D eigenvalue weighted by Gasteiger charge is 2.13. The van der Waals surface area contributed by atoms with Crippen LogP contribution in [-0.2, 0) is 0 Å². The van der Waals surface area contributed by atoms with Crippen LogP contribution in [-0.4, -0.2) is 15.7 Å². The smallest absolute Gasteiger partial charge is 0.343 e. The summed E-state index contributed by atoms with van der Waals surface area (Å²) < 4.78 is 5.80. The van der Waals surface area contributed by atoms with Gasteiger partial charge in [-0.15, -0.1) is 0 Å². The Bertz CT molecular complexity index is 798. The highest BCUT2D eigenvalue weighted by Crippen LogP contribution is 2.26. The first kappa shape index (κ1) is 12.5. The van der Waals surface area contributed by atoms with E-state index in [2.05, 4.69) is 4.98 Å². The normalized spacial score (nSPS) is 10.7. The van der Waals surface area contributed by atoms with E-state index in [4.69, 9.17) is 16.3 Å². The van der Waals surface area contributed by atoms with Gasteiger partial charge in [-0.25, -0.2) is 9.78 Å². The SMILES string of the molecule is O=C(Oc1cn([O-])c2ncccc12)c1cccc(Cl)c1. The van der Waals surface area contributed by atoms with Gasteiger partial charge in [-0.2, -0.15) is 0 Å². The van der Waals surface area contributed by atoms with Crippen LogP contribution < -0.4 is 4.74 Å². The molecule has 0 amide bonds. The number of carbonyl (C=O) groups is 1. The predicted molar refractivity (Wildman–Crippen MR) is 74.9 cm³/mol. The maximum atomic E-state index is 12.0. The van der Waals surface area contributed by atoms with Crippen molar-refractivity contribution < 1.29 is 9.53 Å². The molecule has 0 N–H and O–H groups in total. The van der Waals surface area contributed by atoms with Crippen molar-refractivity contribution in [3.8, 4) is 5.75 Å². The van der Waals surface area contributed by atoms with Crippen LogP contribution in [0.15, 0.2) is 48.8 Å². The zero-order chi connectivity index (χ0) is 14.1. The second kappa shape index (κ2) is 4.86. The van der Waals surface area contributed by atoms with Crippen molar-refractivity contribution in [2.24, 2.45) is 0 Å². The fourth-order valence-electron chi connectivity index (χ4n) is 1.86. The van der Waals surface area contributed by atoms with Gasteiger partial charge in [0.25, 0.3) is 0 Å². The van der Waals surface area contributed by atoms with Crippen molar-refractivity contribution in [3.05, 3.63) is 64.6 Å². The summed E-state index contributed by atoms with van der Waals surface area (Å²) in [6.45, 7) is 0. The van der Waals surface area contributed by atoms with Gasteiger partial charge in [-0.05, 0) is 30.3 Å². The third-order valence-electron chi connectivity index (χ3n) is 2.76. The van der Waals surface area contributed by atoms with Crippen molar-refractivity contribution in [2.45, 2.75) is 0 Å². The maximum absolute atomic E-state index is 12.0. The zero-order valence-corrected chi connectivity index (χ0v) is 10.9. The molecule has 0 atom stereocenters. The third-order valence-corrected chi connectivity index (χ3v) is 2.99. The van der Waals surface area contributed by atoms with E-state index in [1.807, 2.05) is 0 Å². The standard InChI is InChI=1S/C14H8ClN2O3/c15-10-4-1-3-9(7-10)14(18)20-12-8-17(19)13-11(12)5-2-6-16-13/h1-8H/q-1. The van der Waals surface area contributed by atoms with Crippen LogP contribution in [0, 0.1) is 5.21 Å². The van der Waals surface area contributed by atoms with Crippen LogP contribution in [0.5, 0.6) is 5.75 Å². The van der Waals surface area contributed by atoms with Gasteiger partial charge in [0, 0.05) is 17.4 Å². The molecule has 0 radical (unpaired) electrons. The van der Waals surface area contributed by atoms with Crippen molar-refractivity contribution in [1.29, 1.82) is 0 Å². The predicted octanol–water partition coefficient (Wildman–Crippen LogP) is 3.25. The number of fused-ring (bicyclic) bond motifs is 1. The Labute approximate surface area is 119 Å². The van der Waals surface area contributed by atoms with Crippen LogP contribution in [0.1, 0.15) is 10.4 Å². The number of ether oxygens (including phenoxy) is 1. The quantitative estimate of drug-likeness (QED) is 0.679. The molecule has 3 rings (SSSR count). The first-order valence-corrected chi connectivity index (χ1v) is 6.14. The molecular weight excluding hydrogens is 280 g/mol. The molecule has 3 aromatic rings. The number of rotatable bonds is 2. The fraction of sp³-hybridized carbons (Fsp3) is 0. The molecule has 1 aromatic carbocycles. The maximum Gasteiger partial charge on any atom is 0.343 e. The van der Waals surface area contributed by atoms with Crippen LogP contribution in [0.4, 0.5) is 0 Å². The van der Waals surface area contributed by atoms with Gasteiger partial charge in [-0.1, -0.05) is 17.7 Å². The lowest BCUT2D eigenvalue weighted by Crippen LogP contribution is -2.07. The van der Waals surface area contributed by atoms with Gasteiger partial charge in [0.1, 0.15) is 5.65 Å². The molecule has 0 unspecified atom stereocenters. The van der Waals surface area contributed by atoms with E-state index in [-0.39, 0.29) is 11.4 Å². The number of aromatic nitrogens is 2. The van der Waals surface area contributed by atoms with E-state index in [0.29, 0.717) is 20.7 Å². The summed E-state index contributed by atoms with van der Waals surface area (Å²) in [7, 11) is 0. The van der Waals surface area contributed by atoms with Gasteiger partial charge in [0.05, 0.1) is 10.9 Å². The molecule has 0 fully saturated rings. The van der Waals surface area contributed by atoms with Gasteiger partial charge in [0.15, 0.2) is 5.75 Å². The van der Waals surface area contributed by atoms with E-state index >= 15 is 0 Å². The Kier molecular flexibility index (Phi) is 3.04. The second-order valence-corrected chi connectivity index (χ2v) is 4.53. The number of hydrogen-bond donors (Lipinski definition) is 0. The molecule has 2 heterocycles. The van der Waals surface area contributed by atoms with E-state index in [1.165, 1.54) is 18.5 Å². The summed E-state index contributed by atoms with van der Waals surface area (Å²) in [4.78, 5) is 15.9. The summed E-state index contributed by atoms with van der Waals surface area (Å²) in [5.41, 5.74) is 0.523. The molecule has 6 heteroatoms. The highest BCUT2D eigenvalue weighted by atomic mass is 35.5. The monoisotopic (exact) mass is 287 g/mol. The number of pyridine rings is 1. The lowest BCUT2D eigenvalue weighted by atomic mass is 10.2. The van der Waals surface area contributed by atoms with E-state index in [1.54, 1.807) is 30.3 Å². The minimum Gasteiger partial charge on any atom is -0.804 e. The first-order chi connectivity index (χ1) is 9.65. The van der Waals surface area contributed by atoms with Gasteiger partial charge in [-0.3, -0.25) is 0 Å². The average molecular weight is 288 g/mol. The number of benzene rings is 1. The van der Waals surface area contributed by atoms with Crippen LogP contribution in [0.2, 0.25) is 5.02 Å². The summed E-state index contributed by atoms with van der Waals surface area (Å²) in [5, 5.41) is 12.5. The van der Waals surface area contributed by atoms with Crippen LogP contribution >= 0.6 is 11.6 Å². The number of carbonyl (C=O) groups excluding carboxylic acids is 1. The van der Waals surface area contributed by atoms with E-state index in [0.717, 1.165) is 0 Å². The molecule has 0 saturated carbocycles. The second-order valence-electron chi connectivity index (χ2n) is 4.09. The fourth-order valence-corrected chi connectivity index (χ4v) is 2.05. The van der Waals surface area contributed by atoms with Crippen LogP contribution in [0.25, 0.3) is 11.0 Å². The van der Waals surface area contributed by atoms with Crippen LogP contribution in [0.3, 0.4) is 0 Å². The van der Waals surface area contributed by atoms with Gasteiger partial charge < -0.3 is 14.7 Å². The molecule has 0 spiro atoms. The molecule has 2 aromatic heterocycles. The van der Waals surface area contributed by atoms with Gasteiger partial charge in [0.2, 0.25) is 0 Å². The molecule has 0 aliphatic heterocycles. The topological polar surface area (TPSA) is 67.2 Å². The minimum atomic E-state index is -0.580. The number of halogens is 1. The third kappa shape index (κ3) is 2.19. The molecular formula is C14H8ClN2O3-. The Morgan fingerprint density at radius 2 is 2.15 bits per heavy atom. The first-order valence-electron chi connectivity index (χ1n) is 5.76. The van der Waals surface area contributed by atoms with Crippen molar-refractivity contribution in [3.63, 3.8) is 0 Å². The van der Waals surface area contributed by atoms with Crippen molar-refractivity contribution in [2.75, 3.05) is 0 Å². The molecule has 100 valence electrons. The van der Waals surface area contributed by atoms with Gasteiger partial charge >= 0.3 is 5.97 Å². The van der Waals surface area contributed by atoms with Crippen molar-refractivity contribution >= 4 is 28.6 Å². The molecule has 0 saturated heterocycles. The Morgan fingerprint density at radius 1 is 1.30 bits per heavy atom. The average Bonchev–Trinajstić information content (AvgIpc) is 2.76. The number of nitrogens with zero attached hydrogens (tertiary/aromatic N) is 2. The molecule has 0 aliphatic rings. The largest absolute Gasteiger partial charge is 0.804 e. The molecule has 0 bridgehead atoms. The summed E-state index contributed by atoms with van der Waals surface area (Å²) in [6.07, 6.45) is 2.68. The highest BCUT2D eigenvalue weighted by molar-refractivity contribution is 6.30.